The third-order valence-electron chi connectivity index (χ3n) is 4.47. The van der Waals surface area contributed by atoms with Crippen LogP contribution in [0.4, 0.5) is 0 Å². The summed E-state index contributed by atoms with van der Waals surface area (Å²) in [6, 6.07) is 20.6. The van der Waals surface area contributed by atoms with Crippen LogP contribution in [0, 0.1) is 0 Å². The van der Waals surface area contributed by atoms with Gasteiger partial charge in [-0.25, -0.2) is 0 Å². The molecule has 1 nitrogen and oxygen atoms in total. The third-order valence-corrected chi connectivity index (χ3v) is 4.70. The molecule has 0 unspecified atom stereocenters. The molecule has 0 spiro atoms. The first-order valence-electron chi connectivity index (χ1n) is 8.16. The van der Waals surface area contributed by atoms with Gasteiger partial charge in [0.1, 0.15) is 11.2 Å². The van der Waals surface area contributed by atoms with E-state index in [2.05, 4.69) is 51.1 Å². The molecule has 0 fully saturated rings. The van der Waals surface area contributed by atoms with Crippen LogP contribution in [0.1, 0.15) is 26.3 Å². The summed E-state index contributed by atoms with van der Waals surface area (Å²) in [4.78, 5) is 0. The molecule has 24 heavy (non-hydrogen) atoms. The fraction of sp³-hybridized carbons (Fsp3) is 0.182. The summed E-state index contributed by atoms with van der Waals surface area (Å²) < 4.78 is 6.27. The van der Waals surface area contributed by atoms with E-state index in [0.29, 0.717) is 0 Å². The van der Waals surface area contributed by atoms with Crippen molar-refractivity contribution in [2.75, 3.05) is 0 Å². The van der Waals surface area contributed by atoms with Crippen LogP contribution < -0.4 is 0 Å². The van der Waals surface area contributed by atoms with Crippen LogP contribution >= 0.6 is 11.6 Å². The molecule has 3 aromatic carbocycles. The van der Waals surface area contributed by atoms with Crippen molar-refractivity contribution in [1.29, 1.82) is 0 Å². The van der Waals surface area contributed by atoms with Gasteiger partial charge in [-0.2, -0.15) is 0 Å². The van der Waals surface area contributed by atoms with Crippen molar-refractivity contribution in [3.8, 4) is 11.1 Å². The lowest BCUT2D eigenvalue weighted by molar-refractivity contribution is 0.573. The highest BCUT2D eigenvalue weighted by Gasteiger charge is 2.23. The summed E-state index contributed by atoms with van der Waals surface area (Å²) in [5.41, 5.74) is 5.40. The predicted molar refractivity (Wildman–Crippen MR) is 103 cm³/mol. The Labute approximate surface area is 146 Å². The normalized spacial score (nSPS) is 12.2. The van der Waals surface area contributed by atoms with Crippen molar-refractivity contribution < 1.29 is 4.42 Å². The van der Waals surface area contributed by atoms with Gasteiger partial charge >= 0.3 is 0 Å². The van der Waals surface area contributed by atoms with Gasteiger partial charge in [0.2, 0.25) is 0 Å². The number of hydrogen-bond acceptors (Lipinski definition) is 1. The fourth-order valence-corrected chi connectivity index (χ4v) is 3.51. The van der Waals surface area contributed by atoms with Gasteiger partial charge in [-0.05, 0) is 34.7 Å². The second-order valence-electron chi connectivity index (χ2n) is 7.22. The molecule has 120 valence electrons. The number of para-hydroxylation sites is 1. The van der Waals surface area contributed by atoms with Crippen molar-refractivity contribution in [3.63, 3.8) is 0 Å². The summed E-state index contributed by atoms with van der Waals surface area (Å²) >= 11 is 6.22. The maximum absolute atomic E-state index is 6.27. The number of benzene rings is 3. The van der Waals surface area contributed by atoms with E-state index >= 15 is 0 Å². The Morgan fingerprint density at radius 2 is 1.67 bits per heavy atom. The molecule has 0 saturated heterocycles. The summed E-state index contributed by atoms with van der Waals surface area (Å²) in [5.74, 6) is 0. The molecule has 0 radical (unpaired) electrons. The lowest BCUT2D eigenvalue weighted by atomic mass is 9.84. The minimum absolute atomic E-state index is 0.0129. The van der Waals surface area contributed by atoms with Crippen molar-refractivity contribution in [2.24, 2.45) is 0 Å². The van der Waals surface area contributed by atoms with Crippen molar-refractivity contribution >= 4 is 33.5 Å². The molecule has 0 saturated carbocycles. The zero-order valence-electron chi connectivity index (χ0n) is 14.1. The lowest BCUT2D eigenvalue weighted by Gasteiger charge is -2.20. The van der Waals surface area contributed by atoms with E-state index in [1.54, 1.807) is 0 Å². The van der Waals surface area contributed by atoms with E-state index in [-0.39, 0.29) is 5.41 Å². The first kappa shape index (κ1) is 15.3. The van der Waals surface area contributed by atoms with Gasteiger partial charge in [0, 0.05) is 21.4 Å². The second-order valence-corrected chi connectivity index (χ2v) is 7.66. The number of fused-ring (bicyclic) bond motifs is 3. The summed E-state index contributed by atoms with van der Waals surface area (Å²) in [5, 5.41) is 3.06. The average molecular weight is 335 g/mol. The van der Waals surface area contributed by atoms with Gasteiger partial charge in [-0.3, -0.25) is 0 Å². The first-order chi connectivity index (χ1) is 11.4. The minimum atomic E-state index is 0.0129. The number of hydrogen-bond donors (Lipinski definition) is 0. The van der Waals surface area contributed by atoms with Crippen LogP contribution in [-0.4, -0.2) is 0 Å². The fourth-order valence-electron chi connectivity index (χ4n) is 3.32. The van der Waals surface area contributed by atoms with Crippen LogP contribution in [0.5, 0.6) is 0 Å². The molecule has 0 aliphatic heterocycles. The first-order valence-corrected chi connectivity index (χ1v) is 8.53. The van der Waals surface area contributed by atoms with E-state index in [4.69, 9.17) is 16.0 Å². The second kappa shape index (κ2) is 5.39. The Balaban J connectivity index is 2.16. The highest BCUT2D eigenvalue weighted by molar-refractivity contribution is 6.31. The van der Waals surface area contributed by atoms with E-state index in [1.165, 1.54) is 10.9 Å². The Morgan fingerprint density at radius 3 is 2.42 bits per heavy atom. The van der Waals surface area contributed by atoms with Crippen LogP contribution in [-0.2, 0) is 5.41 Å². The van der Waals surface area contributed by atoms with Gasteiger partial charge in [0.25, 0.3) is 0 Å². The minimum Gasteiger partial charge on any atom is -0.456 e. The molecule has 0 amide bonds. The van der Waals surface area contributed by atoms with Gasteiger partial charge in [0.15, 0.2) is 0 Å². The summed E-state index contributed by atoms with van der Waals surface area (Å²) in [6.07, 6.45) is 0. The highest BCUT2D eigenvalue weighted by Crippen LogP contribution is 2.41. The van der Waals surface area contributed by atoms with E-state index in [1.807, 2.05) is 30.3 Å². The Morgan fingerprint density at radius 1 is 0.875 bits per heavy atom. The summed E-state index contributed by atoms with van der Waals surface area (Å²) in [7, 11) is 0. The highest BCUT2D eigenvalue weighted by atomic mass is 35.5. The quantitative estimate of drug-likeness (QED) is 0.358. The maximum atomic E-state index is 6.27. The molecule has 1 aromatic heterocycles. The van der Waals surface area contributed by atoms with E-state index in [0.717, 1.165) is 32.7 Å². The Kier molecular flexibility index (Phi) is 3.43. The average Bonchev–Trinajstić information content (AvgIpc) is 2.92. The van der Waals surface area contributed by atoms with Crippen molar-refractivity contribution in [2.45, 2.75) is 26.2 Å². The monoisotopic (exact) mass is 334 g/mol. The van der Waals surface area contributed by atoms with Gasteiger partial charge in [-0.1, -0.05) is 74.8 Å². The van der Waals surface area contributed by atoms with Gasteiger partial charge in [-0.15, -0.1) is 0 Å². The number of halogens is 1. The molecule has 4 rings (SSSR count). The maximum Gasteiger partial charge on any atom is 0.139 e. The zero-order chi connectivity index (χ0) is 16.9. The van der Waals surface area contributed by atoms with E-state index in [9.17, 15) is 0 Å². The molecular weight excluding hydrogens is 316 g/mol. The van der Waals surface area contributed by atoms with Gasteiger partial charge < -0.3 is 4.42 Å². The Hall–Kier alpha value is -2.25. The largest absolute Gasteiger partial charge is 0.456 e. The molecule has 0 atom stereocenters. The molecule has 0 aliphatic rings. The van der Waals surface area contributed by atoms with Gasteiger partial charge in [0.05, 0.1) is 0 Å². The number of furan rings is 1. The SMILES string of the molecule is CC(C)(C)c1ccc(-c2cccc(Cl)c2)c2c1oc1ccccc12. The van der Waals surface area contributed by atoms with Crippen LogP contribution in [0.2, 0.25) is 5.02 Å². The number of rotatable bonds is 1. The zero-order valence-corrected chi connectivity index (χ0v) is 14.8. The molecule has 0 bridgehead atoms. The van der Waals surface area contributed by atoms with Crippen molar-refractivity contribution in [3.05, 3.63) is 71.2 Å². The molecular formula is C22H19ClO. The van der Waals surface area contributed by atoms with Crippen molar-refractivity contribution in [1.82, 2.24) is 0 Å². The van der Waals surface area contributed by atoms with Crippen LogP contribution in [0.15, 0.2) is 65.1 Å². The van der Waals surface area contributed by atoms with Crippen LogP contribution in [0.3, 0.4) is 0 Å². The predicted octanol–water partition coefficient (Wildman–Crippen LogP) is 7.20. The molecule has 4 aromatic rings. The Bertz CT molecular complexity index is 1050. The lowest BCUT2D eigenvalue weighted by Crippen LogP contribution is -2.11. The molecule has 2 heteroatoms. The summed E-state index contributed by atoms with van der Waals surface area (Å²) in [6.45, 7) is 6.65. The third kappa shape index (κ3) is 2.40. The van der Waals surface area contributed by atoms with Crippen LogP contribution in [0.25, 0.3) is 33.1 Å². The standard InChI is InChI=1S/C22H19ClO/c1-22(2,3)18-12-11-16(14-7-6-8-15(23)13-14)20-17-9-4-5-10-19(17)24-21(18)20/h4-13H,1-3H3. The topological polar surface area (TPSA) is 13.1 Å². The molecule has 1 heterocycles. The smallest absolute Gasteiger partial charge is 0.139 e. The van der Waals surface area contributed by atoms with E-state index < -0.39 is 0 Å². The molecule has 0 N–H and O–H groups in total. The molecule has 0 aliphatic carbocycles.